The maximum Gasteiger partial charge on any atom is 0.191 e. The van der Waals surface area contributed by atoms with Crippen molar-refractivity contribution < 1.29 is 9.47 Å². The molecule has 1 aliphatic heterocycles. The zero-order chi connectivity index (χ0) is 18.5. The molecule has 0 aromatic carbocycles. The minimum Gasteiger partial charge on any atom is -0.380 e. The van der Waals surface area contributed by atoms with E-state index < -0.39 is 0 Å². The van der Waals surface area contributed by atoms with Crippen molar-refractivity contribution in [3.63, 3.8) is 0 Å². The van der Waals surface area contributed by atoms with E-state index in [4.69, 9.17) is 9.47 Å². The second-order valence-corrected chi connectivity index (χ2v) is 7.61. The lowest BCUT2D eigenvalue weighted by atomic mass is 10.0. The lowest BCUT2D eigenvalue weighted by molar-refractivity contribution is 0.0132. The Morgan fingerprint density at radius 2 is 1.80 bits per heavy atom. The Morgan fingerprint density at radius 1 is 1.08 bits per heavy atom. The van der Waals surface area contributed by atoms with Gasteiger partial charge >= 0.3 is 0 Å². The largest absolute Gasteiger partial charge is 0.380 e. The fraction of sp³-hybridized carbons (Fsp3) is 0.947. The predicted octanol–water partition coefficient (Wildman–Crippen LogP) is 1.96. The monoisotopic (exact) mass is 356 g/mol. The highest BCUT2D eigenvalue weighted by Crippen LogP contribution is 2.12. The fourth-order valence-electron chi connectivity index (χ4n) is 2.95. The highest BCUT2D eigenvalue weighted by atomic mass is 16.5. The van der Waals surface area contributed by atoms with E-state index in [1.54, 1.807) is 0 Å². The molecule has 1 heterocycles. The van der Waals surface area contributed by atoms with Gasteiger partial charge in [0.2, 0.25) is 0 Å². The number of hydrogen-bond donors (Lipinski definition) is 2. The first-order chi connectivity index (χ1) is 12.0. The second kappa shape index (κ2) is 13.4. The van der Waals surface area contributed by atoms with Gasteiger partial charge in [0.1, 0.15) is 0 Å². The highest BCUT2D eigenvalue weighted by Gasteiger charge is 2.22. The molecule has 148 valence electrons. The number of aliphatic imine (C=N–C) groups is 1. The molecule has 1 saturated heterocycles. The predicted molar refractivity (Wildman–Crippen MR) is 105 cm³/mol. The molecule has 0 saturated carbocycles. The molecule has 0 aromatic rings. The van der Waals surface area contributed by atoms with E-state index in [2.05, 4.69) is 48.2 Å². The first kappa shape index (κ1) is 22.2. The number of hydrogen-bond acceptors (Lipinski definition) is 4. The molecule has 6 nitrogen and oxygen atoms in total. The molecular formula is C19H40N4O2. The van der Waals surface area contributed by atoms with Crippen molar-refractivity contribution in [1.82, 2.24) is 15.5 Å². The summed E-state index contributed by atoms with van der Waals surface area (Å²) in [5.74, 6) is 2.23. The summed E-state index contributed by atoms with van der Waals surface area (Å²) in [6.07, 6.45) is 2.30. The van der Waals surface area contributed by atoms with E-state index in [-0.39, 0.29) is 0 Å². The van der Waals surface area contributed by atoms with Gasteiger partial charge in [-0.15, -0.1) is 0 Å². The molecule has 1 rings (SSSR count). The average Bonchev–Trinajstić information content (AvgIpc) is 2.59. The van der Waals surface area contributed by atoms with Crippen LogP contribution in [0.25, 0.3) is 0 Å². The van der Waals surface area contributed by atoms with Crippen molar-refractivity contribution in [2.24, 2.45) is 16.8 Å². The maximum absolute atomic E-state index is 5.65. The van der Waals surface area contributed by atoms with Crippen molar-refractivity contribution in [2.45, 2.75) is 46.6 Å². The van der Waals surface area contributed by atoms with E-state index in [1.165, 1.54) is 6.42 Å². The van der Waals surface area contributed by atoms with Gasteiger partial charge in [0.25, 0.3) is 0 Å². The van der Waals surface area contributed by atoms with Crippen LogP contribution in [0.5, 0.6) is 0 Å². The van der Waals surface area contributed by atoms with Crippen LogP contribution in [0.4, 0.5) is 0 Å². The van der Waals surface area contributed by atoms with Crippen LogP contribution in [-0.4, -0.2) is 76.6 Å². The topological polar surface area (TPSA) is 58.1 Å². The molecule has 6 heteroatoms. The summed E-state index contributed by atoms with van der Waals surface area (Å²) in [6.45, 7) is 16.0. The van der Waals surface area contributed by atoms with Gasteiger partial charge in [0.05, 0.1) is 19.8 Å². The molecule has 0 radical (unpaired) electrons. The Balaban J connectivity index is 2.29. The first-order valence-corrected chi connectivity index (χ1v) is 9.87. The molecule has 0 bridgehead atoms. The third-order valence-electron chi connectivity index (χ3n) is 4.41. The average molecular weight is 357 g/mol. The highest BCUT2D eigenvalue weighted by molar-refractivity contribution is 5.79. The molecule has 0 aromatic heterocycles. The molecule has 0 spiro atoms. The van der Waals surface area contributed by atoms with Gasteiger partial charge < -0.3 is 20.1 Å². The normalized spacial score (nSPS) is 18.0. The minimum absolute atomic E-state index is 0.518. The Kier molecular flexibility index (Phi) is 11.9. The third kappa shape index (κ3) is 10.7. The Hall–Kier alpha value is -0.850. The van der Waals surface area contributed by atoms with Gasteiger partial charge in [-0.25, -0.2) is 0 Å². The van der Waals surface area contributed by atoms with Gasteiger partial charge in [0.15, 0.2) is 5.96 Å². The van der Waals surface area contributed by atoms with E-state index >= 15 is 0 Å². The summed E-state index contributed by atoms with van der Waals surface area (Å²) in [7, 11) is 1.82. The van der Waals surface area contributed by atoms with Crippen LogP contribution in [0.15, 0.2) is 4.99 Å². The van der Waals surface area contributed by atoms with Crippen LogP contribution < -0.4 is 10.6 Å². The summed E-state index contributed by atoms with van der Waals surface area (Å²) in [6, 6.07) is 0.518. The molecular weight excluding hydrogens is 316 g/mol. The summed E-state index contributed by atoms with van der Waals surface area (Å²) in [5, 5.41) is 6.82. The standard InChI is InChI=1S/C19H40N4O2/c1-16(2)6-10-24-11-7-21-19(20-5)22-15-18(14-17(3)4)23-8-12-25-13-9-23/h16-18H,6-15H2,1-5H3,(H2,20,21,22). The van der Waals surface area contributed by atoms with Crippen LogP contribution in [0.3, 0.4) is 0 Å². The van der Waals surface area contributed by atoms with Crippen LogP contribution in [-0.2, 0) is 9.47 Å². The number of nitrogens with zero attached hydrogens (tertiary/aromatic N) is 2. The Labute approximate surface area is 154 Å². The van der Waals surface area contributed by atoms with Crippen molar-refractivity contribution in [3.8, 4) is 0 Å². The van der Waals surface area contributed by atoms with Gasteiger partial charge in [-0.05, 0) is 24.7 Å². The molecule has 0 amide bonds. The van der Waals surface area contributed by atoms with Gasteiger partial charge in [-0.2, -0.15) is 0 Å². The van der Waals surface area contributed by atoms with E-state index in [1.807, 2.05) is 7.05 Å². The van der Waals surface area contributed by atoms with E-state index in [0.717, 1.165) is 58.4 Å². The summed E-state index contributed by atoms with van der Waals surface area (Å²) in [5.41, 5.74) is 0. The Bertz CT molecular complexity index is 355. The van der Waals surface area contributed by atoms with Crippen LogP contribution >= 0.6 is 0 Å². The van der Waals surface area contributed by atoms with Crippen LogP contribution in [0.1, 0.15) is 40.5 Å². The van der Waals surface area contributed by atoms with E-state index in [0.29, 0.717) is 24.5 Å². The van der Waals surface area contributed by atoms with Crippen LogP contribution in [0, 0.1) is 11.8 Å². The first-order valence-electron chi connectivity index (χ1n) is 9.87. The summed E-state index contributed by atoms with van der Waals surface area (Å²) in [4.78, 5) is 6.87. The van der Waals surface area contributed by atoms with Gasteiger partial charge in [0, 0.05) is 45.9 Å². The third-order valence-corrected chi connectivity index (χ3v) is 4.41. The zero-order valence-corrected chi connectivity index (χ0v) is 17.0. The number of nitrogens with one attached hydrogen (secondary N) is 2. The number of ether oxygens (including phenoxy) is 2. The molecule has 0 aliphatic carbocycles. The smallest absolute Gasteiger partial charge is 0.191 e. The minimum atomic E-state index is 0.518. The Morgan fingerprint density at radius 3 is 2.40 bits per heavy atom. The summed E-state index contributed by atoms with van der Waals surface area (Å²) >= 11 is 0. The molecule has 1 aliphatic rings. The van der Waals surface area contributed by atoms with Crippen LogP contribution in [0.2, 0.25) is 0 Å². The maximum atomic E-state index is 5.65. The zero-order valence-electron chi connectivity index (χ0n) is 17.0. The molecule has 1 unspecified atom stereocenters. The fourth-order valence-corrected chi connectivity index (χ4v) is 2.95. The van der Waals surface area contributed by atoms with Crippen molar-refractivity contribution in [2.75, 3.05) is 59.7 Å². The number of rotatable bonds is 11. The SMILES string of the molecule is CN=C(NCCOCCC(C)C)NCC(CC(C)C)N1CCOCC1. The van der Waals surface area contributed by atoms with Crippen molar-refractivity contribution in [3.05, 3.63) is 0 Å². The van der Waals surface area contributed by atoms with Crippen molar-refractivity contribution in [1.29, 1.82) is 0 Å². The number of morpholine rings is 1. The molecule has 1 atom stereocenters. The lowest BCUT2D eigenvalue weighted by Gasteiger charge is -2.35. The number of guanidine groups is 1. The lowest BCUT2D eigenvalue weighted by Crippen LogP contribution is -2.51. The van der Waals surface area contributed by atoms with E-state index in [9.17, 15) is 0 Å². The quantitative estimate of drug-likeness (QED) is 0.337. The molecule has 2 N–H and O–H groups in total. The molecule has 25 heavy (non-hydrogen) atoms. The summed E-state index contributed by atoms with van der Waals surface area (Å²) < 4.78 is 11.1. The van der Waals surface area contributed by atoms with Gasteiger partial charge in [-0.3, -0.25) is 9.89 Å². The molecule has 1 fully saturated rings. The second-order valence-electron chi connectivity index (χ2n) is 7.61. The van der Waals surface area contributed by atoms with Crippen molar-refractivity contribution >= 4 is 5.96 Å². The van der Waals surface area contributed by atoms with Gasteiger partial charge in [-0.1, -0.05) is 27.7 Å².